The Hall–Kier alpha value is -2.08. The lowest BCUT2D eigenvalue weighted by Crippen LogP contribution is -2.33. The normalized spacial score (nSPS) is 12.2. The van der Waals surface area contributed by atoms with Crippen molar-refractivity contribution in [3.8, 4) is 5.75 Å². The first-order chi connectivity index (χ1) is 9.97. The van der Waals surface area contributed by atoms with Crippen LogP contribution in [0.25, 0.3) is 0 Å². The molecule has 1 N–H and O–H groups in total. The Labute approximate surface area is 122 Å². The molecule has 0 radical (unpaired) electrons. The molecule has 0 aliphatic carbocycles. The first kappa shape index (κ1) is 15.3. The topological polar surface area (TPSA) is 58.7 Å². The molecule has 21 heavy (non-hydrogen) atoms. The highest BCUT2D eigenvalue weighted by Gasteiger charge is 2.17. The number of halogens is 1. The number of likely N-dealkylation sites (N-methyl/N-ethyl adjacent to an activating group) is 1. The summed E-state index contributed by atoms with van der Waals surface area (Å²) in [5.41, 5.74) is 1.65. The van der Waals surface area contributed by atoms with E-state index >= 15 is 0 Å². The minimum Gasteiger partial charge on any atom is -0.491 e. The van der Waals surface area contributed by atoms with Crippen molar-refractivity contribution in [2.75, 3.05) is 25.1 Å². The molecule has 0 saturated heterocycles. The largest absolute Gasteiger partial charge is 0.491 e. The third-order valence-corrected chi connectivity index (χ3v) is 3.12. The van der Waals surface area contributed by atoms with Crippen LogP contribution in [-0.4, -0.2) is 36.6 Å². The first-order valence-corrected chi connectivity index (χ1v) is 6.68. The Morgan fingerprint density at radius 1 is 1.33 bits per heavy atom. The van der Waals surface area contributed by atoms with E-state index in [2.05, 4.69) is 5.16 Å². The SMILES string of the molecule is Cc1noc(C)c1N(C)CC(O)COc1ccc(F)cc1. The van der Waals surface area contributed by atoms with E-state index in [1.165, 1.54) is 24.3 Å². The molecule has 0 spiro atoms. The Morgan fingerprint density at radius 2 is 2.00 bits per heavy atom. The van der Waals surface area contributed by atoms with E-state index < -0.39 is 6.10 Å². The van der Waals surface area contributed by atoms with Gasteiger partial charge in [0, 0.05) is 13.6 Å². The van der Waals surface area contributed by atoms with E-state index in [0.717, 1.165) is 11.4 Å². The third-order valence-electron chi connectivity index (χ3n) is 3.12. The smallest absolute Gasteiger partial charge is 0.157 e. The Balaban J connectivity index is 1.87. The van der Waals surface area contributed by atoms with Crippen LogP contribution in [0, 0.1) is 19.7 Å². The van der Waals surface area contributed by atoms with E-state index in [0.29, 0.717) is 18.1 Å². The highest BCUT2D eigenvalue weighted by molar-refractivity contribution is 5.52. The lowest BCUT2D eigenvalue weighted by molar-refractivity contribution is 0.113. The van der Waals surface area contributed by atoms with Gasteiger partial charge in [-0.25, -0.2) is 4.39 Å². The van der Waals surface area contributed by atoms with Crippen LogP contribution in [0.3, 0.4) is 0 Å². The summed E-state index contributed by atoms with van der Waals surface area (Å²) in [5, 5.41) is 13.9. The fourth-order valence-electron chi connectivity index (χ4n) is 2.21. The van der Waals surface area contributed by atoms with Crippen molar-refractivity contribution in [3.05, 3.63) is 41.5 Å². The van der Waals surface area contributed by atoms with Crippen LogP contribution >= 0.6 is 0 Å². The number of rotatable bonds is 6. The van der Waals surface area contributed by atoms with Gasteiger partial charge in [-0.2, -0.15) is 0 Å². The molecule has 1 aromatic carbocycles. The number of aliphatic hydroxyl groups excluding tert-OH is 1. The average molecular weight is 294 g/mol. The maximum atomic E-state index is 12.8. The standard InChI is InChI=1S/C15H19FN2O3/c1-10-15(11(2)21-17-10)18(3)8-13(19)9-20-14-6-4-12(16)5-7-14/h4-7,13,19H,8-9H2,1-3H3. The zero-order valence-electron chi connectivity index (χ0n) is 12.3. The van der Waals surface area contributed by atoms with Crippen molar-refractivity contribution < 1.29 is 18.8 Å². The van der Waals surface area contributed by atoms with E-state index in [4.69, 9.17) is 9.26 Å². The summed E-state index contributed by atoms with van der Waals surface area (Å²) in [4.78, 5) is 1.87. The van der Waals surface area contributed by atoms with Crippen molar-refractivity contribution in [1.82, 2.24) is 5.16 Å². The Bertz CT molecular complexity index is 564. The molecular formula is C15H19FN2O3. The van der Waals surface area contributed by atoms with Gasteiger partial charge in [-0.1, -0.05) is 5.16 Å². The van der Waals surface area contributed by atoms with Gasteiger partial charge >= 0.3 is 0 Å². The van der Waals surface area contributed by atoms with Crippen molar-refractivity contribution in [2.45, 2.75) is 20.0 Å². The summed E-state index contributed by atoms with van der Waals surface area (Å²) in [6.45, 7) is 4.18. The summed E-state index contributed by atoms with van der Waals surface area (Å²) in [7, 11) is 1.85. The number of nitrogens with zero attached hydrogens (tertiary/aromatic N) is 2. The molecule has 0 saturated carbocycles. The number of aliphatic hydroxyl groups is 1. The van der Waals surface area contributed by atoms with Crippen LogP contribution in [0.5, 0.6) is 5.75 Å². The number of ether oxygens (including phenoxy) is 1. The summed E-state index contributed by atoms with van der Waals surface area (Å²) >= 11 is 0. The van der Waals surface area contributed by atoms with Gasteiger partial charge < -0.3 is 19.3 Å². The quantitative estimate of drug-likeness (QED) is 0.886. The molecular weight excluding hydrogens is 275 g/mol. The second-order valence-electron chi connectivity index (χ2n) is 4.97. The first-order valence-electron chi connectivity index (χ1n) is 6.68. The Morgan fingerprint density at radius 3 is 2.57 bits per heavy atom. The summed E-state index contributed by atoms with van der Waals surface area (Å²) < 4.78 is 23.3. The van der Waals surface area contributed by atoms with E-state index in [1.54, 1.807) is 0 Å². The number of hydrogen-bond acceptors (Lipinski definition) is 5. The number of hydrogen-bond donors (Lipinski definition) is 1. The molecule has 2 aromatic rings. The van der Waals surface area contributed by atoms with Crippen LogP contribution in [0.15, 0.2) is 28.8 Å². The van der Waals surface area contributed by atoms with E-state index in [1.807, 2.05) is 25.8 Å². The second-order valence-corrected chi connectivity index (χ2v) is 4.97. The minimum absolute atomic E-state index is 0.124. The van der Waals surface area contributed by atoms with Crippen LogP contribution in [0.4, 0.5) is 10.1 Å². The van der Waals surface area contributed by atoms with Gasteiger partial charge in [0.05, 0.1) is 0 Å². The molecule has 1 heterocycles. The summed E-state index contributed by atoms with van der Waals surface area (Å²) in [5.74, 6) is 0.915. The average Bonchev–Trinajstić information content (AvgIpc) is 2.77. The van der Waals surface area contributed by atoms with Crippen molar-refractivity contribution in [1.29, 1.82) is 0 Å². The van der Waals surface area contributed by atoms with Gasteiger partial charge in [-0.15, -0.1) is 0 Å². The molecule has 1 atom stereocenters. The second kappa shape index (κ2) is 6.58. The van der Waals surface area contributed by atoms with Gasteiger partial charge in [0.1, 0.15) is 35.7 Å². The molecule has 0 fully saturated rings. The van der Waals surface area contributed by atoms with E-state index in [-0.39, 0.29) is 12.4 Å². The summed E-state index contributed by atoms with van der Waals surface area (Å²) in [6, 6.07) is 5.69. The number of aryl methyl sites for hydroxylation is 2. The molecule has 1 unspecified atom stereocenters. The van der Waals surface area contributed by atoms with Crippen LogP contribution in [-0.2, 0) is 0 Å². The number of aromatic nitrogens is 1. The van der Waals surface area contributed by atoms with E-state index in [9.17, 15) is 9.50 Å². The Kier molecular flexibility index (Phi) is 4.80. The highest BCUT2D eigenvalue weighted by atomic mass is 19.1. The van der Waals surface area contributed by atoms with Gasteiger partial charge in [0.15, 0.2) is 5.76 Å². The molecule has 6 heteroatoms. The fraction of sp³-hybridized carbons (Fsp3) is 0.400. The predicted molar refractivity (Wildman–Crippen MR) is 77.1 cm³/mol. The molecule has 0 aliphatic heterocycles. The molecule has 1 aromatic heterocycles. The van der Waals surface area contributed by atoms with Crippen molar-refractivity contribution in [3.63, 3.8) is 0 Å². The molecule has 5 nitrogen and oxygen atoms in total. The minimum atomic E-state index is -0.686. The van der Waals surface area contributed by atoms with Crippen molar-refractivity contribution >= 4 is 5.69 Å². The highest BCUT2D eigenvalue weighted by Crippen LogP contribution is 2.22. The lowest BCUT2D eigenvalue weighted by atomic mass is 10.2. The van der Waals surface area contributed by atoms with Crippen LogP contribution in [0.2, 0.25) is 0 Å². The number of benzene rings is 1. The molecule has 114 valence electrons. The van der Waals surface area contributed by atoms with Gasteiger partial charge in [-0.3, -0.25) is 0 Å². The predicted octanol–water partition coefficient (Wildman–Crippen LogP) is 2.31. The zero-order chi connectivity index (χ0) is 15.4. The third kappa shape index (κ3) is 3.95. The summed E-state index contributed by atoms with van der Waals surface area (Å²) in [6.07, 6.45) is -0.686. The lowest BCUT2D eigenvalue weighted by Gasteiger charge is -2.22. The monoisotopic (exact) mass is 294 g/mol. The van der Waals surface area contributed by atoms with Gasteiger partial charge in [0.2, 0.25) is 0 Å². The number of anilines is 1. The van der Waals surface area contributed by atoms with Gasteiger partial charge in [-0.05, 0) is 38.1 Å². The van der Waals surface area contributed by atoms with Crippen LogP contribution in [0.1, 0.15) is 11.5 Å². The molecule has 2 rings (SSSR count). The molecule has 0 bridgehead atoms. The maximum Gasteiger partial charge on any atom is 0.157 e. The van der Waals surface area contributed by atoms with Gasteiger partial charge in [0.25, 0.3) is 0 Å². The zero-order valence-corrected chi connectivity index (χ0v) is 12.3. The maximum absolute atomic E-state index is 12.8. The van der Waals surface area contributed by atoms with Crippen molar-refractivity contribution in [2.24, 2.45) is 0 Å². The fourth-order valence-corrected chi connectivity index (χ4v) is 2.21. The van der Waals surface area contributed by atoms with Crippen LogP contribution < -0.4 is 9.64 Å². The molecule has 0 aliphatic rings. The molecule has 0 amide bonds.